The zero-order valence-electron chi connectivity index (χ0n) is 9.54. The molecule has 1 aliphatic heterocycles. The number of likely N-dealkylation sites (tertiary alicyclic amines) is 1. The summed E-state index contributed by atoms with van der Waals surface area (Å²) in [6.07, 6.45) is 1.71. The van der Waals surface area contributed by atoms with Crippen LogP contribution in [0.2, 0.25) is 0 Å². The van der Waals surface area contributed by atoms with Gasteiger partial charge in [0, 0.05) is 19.0 Å². The predicted octanol–water partition coefficient (Wildman–Crippen LogP) is 1.97. The summed E-state index contributed by atoms with van der Waals surface area (Å²) in [5.41, 5.74) is 1.09. The van der Waals surface area contributed by atoms with E-state index in [1.54, 1.807) is 11.0 Å². The summed E-state index contributed by atoms with van der Waals surface area (Å²) in [4.78, 5) is 13.7. The van der Waals surface area contributed by atoms with Gasteiger partial charge >= 0.3 is 0 Å². The molecule has 17 heavy (non-hydrogen) atoms. The Morgan fingerprint density at radius 2 is 2.18 bits per heavy atom. The normalized spacial score (nSPS) is 23.5. The van der Waals surface area contributed by atoms with E-state index >= 15 is 0 Å². The van der Waals surface area contributed by atoms with E-state index in [1.165, 1.54) is 0 Å². The standard InChI is InChI=1S/C14H14N2O/c1-2-12-10-16(14(17)13(12)8-15)9-11-6-4-3-5-7-11/h2-7,12-13H,1,9-10H2/t12-,13+/m0/s1. The van der Waals surface area contributed by atoms with Crippen molar-refractivity contribution >= 4 is 5.91 Å². The lowest BCUT2D eigenvalue weighted by molar-refractivity contribution is -0.130. The lowest BCUT2D eigenvalue weighted by Gasteiger charge is -2.15. The minimum absolute atomic E-state index is 0.0452. The summed E-state index contributed by atoms with van der Waals surface area (Å²) < 4.78 is 0. The van der Waals surface area contributed by atoms with Gasteiger partial charge in [-0.15, -0.1) is 6.58 Å². The van der Waals surface area contributed by atoms with Crippen molar-refractivity contribution in [2.75, 3.05) is 6.54 Å². The number of benzene rings is 1. The molecular formula is C14H14N2O. The third kappa shape index (κ3) is 2.21. The highest BCUT2D eigenvalue weighted by Gasteiger charge is 2.38. The van der Waals surface area contributed by atoms with Crippen LogP contribution >= 0.6 is 0 Å². The number of hydrogen-bond acceptors (Lipinski definition) is 2. The smallest absolute Gasteiger partial charge is 0.240 e. The number of nitrogens with zero attached hydrogens (tertiary/aromatic N) is 2. The molecule has 1 heterocycles. The molecule has 1 fully saturated rings. The second-order valence-electron chi connectivity index (χ2n) is 4.21. The molecule has 0 bridgehead atoms. The number of amides is 1. The minimum atomic E-state index is -0.559. The molecule has 0 spiro atoms. The summed E-state index contributed by atoms with van der Waals surface area (Å²) in [5, 5.41) is 8.98. The SMILES string of the molecule is C=C[C@H]1CN(Cc2ccccc2)C(=O)[C@@H]1C#N. The van der Waals surface area contributed by atoms with Gasteiger partial charge in [0.05, 0.1) is 6.07 Å². The van der Waals surface area contributed by atoms with E-state index in [0.29, 0.717) is 13.1 Å². The van der Waals surface area contributed by atoms with Crippen LogP contribution in [-0.4, -0.2) is 17.4 Å². The highest BCUT2D eigenvalue weighted by Crippen LogP contribution is 2.26. The first-order valence-electron chi connectivity index (χ1n) is 5.61. The van der Waals surface area contributed by atoms with Crippen LogP contribution in [0.5, 0.6) is 0 Å². The lowest BCUT2D eigenvalue weighted by Crippen LogP contribution is -2.26. The molecule has 0 aromatic heterocycles. The monoisotopic (exact) mass is 226 g/mol. The maximum atomic E-state index is 12.0. The number of hydrogen-bond donors (Lipinski definition) is 0. The summed E-state index contributed by atoms with van der Waals surface area (Å²) in [5.74, 6) is -0.686. The number of nitriles is 1. The quantitative estimate of drug-likeness (QED) is 0.740. The van der Waals surface area contributed by atoms with Crippen LogP contribution in [-0.2, 0) is 11.3 Å². The molecule has 86 valence electrons. The van der Waals surface area contributed by atoms with Crippen LogP contribution < -0.4 is 0 Å². The molecule has 0 saturated carbocycles. The highest BCUT2D eigenvalue weighted by atomic mass is 16.2. The number of carbonyl (C=O) groups excluding carboxylic acids is 1. The second kappa shape index (κ2) is 4.84. The summed E-state index contributed by atoms with van der Waals surface area (Å²) in [7, 11) is 0. The third-order valence-electron chi connectivity index (χ3n) is 3.10. The van der Waals surface area contributed by atoms with Crippen molar-refractivity contribution in [3.05, 3.63) is 48.6 Å². The van der Waals surface area contributed by atoms with E-state index in [2.05, 4.69) is 12.6 Å². The van der Waals surface area contributed by atoms with Crippen molar-refractivity contribution < 1.29 is 4.79 Å². The van der Waals surface area contributed by atoms with Crippen molar-refractivity contribution in [1.29, 1.82) is 5.26 Å². The Morgan fingerprint density at radius 3 is 2.71 bits per heavy atom. The van der Waals surface area contributed by atoms with Crippen molar-refractivity contribution in [3.8, 4) is 6.07 Å². The molecule has 3 heteroatoms. The van der Waals surface area contributed by atoms with Crippen LogP contribution in [0.3, 0.4) is 0 Å². The maximum absolute atomic E-state index is 12.0. The van der Waals surface area contributed by atoms with E-state index in [0.717, 1.165) is 5.56 Å². The molecule has 0 aliphatic carbocycles. The fourth-order valence-electron chi connectivity index (χ4n) is 2.14. The number of rotatable bonds is 3. The van der Waals surface area contributed by atoms with Crippen molar-refractivity contribution in [1.82, 2.24) is 4.90 Å². The minimum Gasteiger partial charge on any atom is -0.337 e. The summed E-state index contributed by atoms with van der Waals surface area (Å²) in [6, 6.07) is 11.9. The van der Waals surface area contributed by atoms with Crippen LogP contribution in [0.15, 0.2) is 43.0 Å². The largest absolute Gasteiger partial charge is 0.337 e. The van der Waals surface area contributed by atoms with Gasteiger partial charge in [0.1, 0.15) is 5.92 Å². The van der Waals surface area contributed by atoms with Crippen molar-refractivity contribution in [2.24, 2.45) is 11.8 Å². The Balaban J connectivity index is 2.12. The van der Waals surface area contributed by atoms with Crippen LogP contribution in [0.25, 0.3) is 0 Å². The van der Waals surface area contributed by atoms with E-state index in [4.69, 9.17) is 5.26 Å². The van der Waals surface area contributed by atoms with Gasteiger partial charge in [-0.25, -0.2) is 0 Å². The van der Waals surface area contributed by atoms with Crippen LogP contribution in [0.4, 0.5) is 0 Å². The molecule has 0 unspecified atom stereocenters. The molecule has 0 N–H and O–H groups in total. The maximum Gasteiger partial charge on any atom is 0.240 e. The molecule has 2 rings (SSSR count). The number of carbonyl (C=O) groups is 1. The summed E-state index contributed by atoms with van der Waals surface area (Å²) >= 11 is 0. The van der Waals surface area contributed by atoms with E-state index in [9.17, 15) is 4.79 Å². The van der Waals surface area contributed by atoms with Gasteiger partial charge in [-0.05, 0) is 5.56 Å². The Kier molecular flexibility index (Phi) is 3.24. The molecule has 1 saturated heterocycles. The van der Waals surface area contributed by atoms with Crippen LogP contribution in [0, 0.1) is 23.2 Å². The lowest BCUT2D eigenvalue weighted by atomic mass is 9.98. The van der Waals surface area contributed by atoms with E-state index < -0.39 is 5.92 Å². The van der Waals surface area contributed by atoms with Gasteiger partial charge in [-0.3, -0.25) is 4.79 Å². The Morgan fingerprint density at radius 1 is 1.47 bits per heavy atom. The van der Waals surface area contributed by atoms with Gasteiger partial charge < -0.3 is 4.90 Å². The first-order valence-corrected chi connectivity index (χ1v) is 5.61. The average Bonchev–Trinajstić information content (AvgIpc) is 2.67. The Labute approximate surface area is 101 Å². The first-order chi connectivity index (χ1) is 8.26. The molecule has 1 aliphatic rings. The predicted molar refractivity (Wildman–Crippen MR) is 64.6 cm³/mol. The molecule has 3 nitrogen and oxygen atoms in total. The van der Waals surface area contributed by atoms with Crippen molar-refractivity contribution in [2.45, 2.75) is 6.54 Å². The Hall–Kier alpha value is -2.08. The average molecular weight is 226 g/mol. The molecule has 1 aromatic carbocycles. The van der Waals surface area contributed by atoms with E-state index in [1.807, 2.05) is 30.3 Å². The molecule has 0 radical (unpaired) electrons. The highest BCUT2D eigenvalue weighted by molar-refractivity contribution is 5.84. The molecular weight excluding hydrogens is 212 g/mol. The Bertz CT molecular complexity index is 461. The molecule has 1 amide bonds. The van der Waals surface area contributed by atoms with Gasteiger partial charge in [-0.1, -0.05) is 36.4 Å². The van der Waals surface area contributed by atoms with Gasteiger partial charge in [0.15, 0.2) is 0 Å². The zero-order chi connectivity index (χ0) is 12.3. The fraction of sp³-hybridized carbons (Fsp3) is 0.286. The first kappa shape index (κ1) is 11.4. The third-order valence-corrected chi connectivity index (χ3v) is 3.10. The van der Waals surface area contributed by atoms with Gasteiger partial charge in [0.25, 0.3) is 0 Å². The topological polar surface area (TPSA) is 44.1 Å². The summed E-state index contributed by atoms with van der Waals surface area (Å²) in [6.45, 7) is 4.85. The van der Waals surface area contributed by atoms with Gasteiger partial charge in [-0.2, -0.15) is 5.26 Å². The second-order valence-corrected chi connectivity index (χ2v) is 4.21. The zero-order valence-corrected chi connectivity index (χ0v) is 9.54. The van der Waals surface area contributed by atoms with Crippen molar-refractivity contribution in [3.63, 3.8) is 0 Å². The fourth-order valence-corrected chi connectivity index (χ4v) is 2.14. The van der Waals surface area contributed by atoms with E-state index in [-0.39, 0.29) is 11.8 Å². The van der Waals surface area contributed by atoms with Crippen LogP contribution in [0.1, 0.15) is 5.56 Å². The van der Waals surface area contributed by atoms with Gasteiger partial charge in [0.2, 0.25) is 5.91 Å². The molecule has 1 aromatic rings. The molecule has 2 atom stereocenters.